The van der Waals surface area contributed by atoms with Crippen LogP contribution in [-0.2, 0) is 62.4 Å². The first kappa shape index (κ1) is 57.7. The number of piperidine rings is 1. The number of amides is 4. The van der Waals surface area contributed by atoms with E-state index < -0.39 is 61.2 Å². The van der Waals surface area contributed by atoms with Gasteiger partial charge in [-0.15, -0.1) is 0 Å². The molecular formula is C46H68ClN7O15S. The fraction of sp³-hybridized carbons (Fsp3) is 0.630. The van der Waals surface area contributed by atoms with Gasteiger partial charge in [0.15, 0.2) is 11.0 Å². The van der Waals surface area contributed by atoms with Crippen LogP contribution in [0.1, 0.15) is 70.6 Å². The van der Waals surface area contributed by atoms with Gasteiger partial charge in [0.1, 0.15) is 0 Å². The monoisotopic (exact) mass is 1030 g/mol. The number of para-hydroxylation sites is 1. The molecule has 1 saturated heterocycles. The summed E-state index contributed by atoms with van der Waals surface area (Å²) in [6, 6.07) is 11.1. The summed E-state index contributed by atoms with van der Waals surface area (Å²) < 4.78 is 60.4. The molecule has 70 heavy (non-hydrogen) atoms. The number of hydrogen-bond donors (Lipinski definition) is 5. The number of benzene rings is 2. The second kappa shape index (κ2) is 31.5. The minimum absolute atomic E-state index is 0.00964. The number of rotatable bonds is 32. The number of carbonyl (C=O) groups excluding carboxylic acids is 5. The van der Waals surface area contributed by atoms with Crippen molar-refractivity contribution in [3.8, 4) is 0 Å². The number of halogens is 1. The Morgan fingerprint density at radius 1 is 0.814 bits per heavy atom. The first-order valence-electron chi connectivity index (χ1n) is 23.6. The number of anilines is 1. The van der Waals surface area contributed by atoms with Crippen LogP contribution in [0.5, 0.6) is 0 Å². The summed E-state index contributed by atoms with van der Waals surface area (Å²) in [7, 11) is -2.71. The van der Waals surface area contributed by atoms with Crippen molar-refractivity contribution in [1.82, 2.24) is 25.6 Å². The second-order valence-corrected chi connectivity index (χ2v) is 18.9. The molecule has 22 nitrogen and oxygen atoms in total. The predicted octanol–water partition coefficient (Wildman–Crippen LogP) is 2.87. The molecule has 2 unspecified atom stereocenters. The Morgan fingerprint density at radius 2 is 1.46 bits per heavy atom. The van der Waals surface area contributed by atoms with E-state index in [-0.39, 0.29) is 63.5 Å². The molecule has 390 valence electrons. The van der Waals surface area contributed by atoms with E-state index in [0.29, 0.717) is 89.5 Å². The molecule has 2 aliphatic rings. The SMILES string of the molecule is COCCOCCOCCOCCOCCNC(=O)CCC(=O)OC(CCCNS(=O)(=O)c1ccccc1[N+](=O)[O-])C(=O)NCCN1CCC(NC(=O)C(=O)Nc2ccc(Cl)cc2)CC12CCCCC2. The zero-order valence-electron chi connectivity index (χ0n) is 39.8. The van der Waals surface area contributed by atoms with Crippen LogP contribution in [0, 0.1) is 10.1 Å². The van der Waals surface area contributed by atoms with Crippen molar-refractivity contribution in [3.63, 3.8) is 0 Å². The van der Waals surface area contributed by atoms with Crippen LogP contribution in [0.3, 0.4) is 0 Å². The van der Waals surface area contributed by atoms with E-state index in [2.05, 4.69) is 30.9 Å². The molecule has 1 spiro atoms. The Bertz CT molecular complexity index is 2080. The molecule has 1 heterocycles. The van der Waals surface area contributed by atoms with Gasteiger partial charge in [0.2, 0.25) is 15.9 Å². The van der Waals surface area contributed by atoms with Gasteiger partial charge in [0.25, 0.3) is 11.6 Å². The number of hydrogen-bond acceptors (Lipinski definition) is 16. The van der Waals surface area contributed by atoms with Crippen LogP contribution in [-0.4, -0.2) is 165 Å². The number of ether oxygens (including phenoxy) is 6. The molecule has 24 heteroatoms. The number of methoxy groups -OCH3 is 1. The number of carbonyl (C=O) groups is 5. The Morgan fingerprint density at radius 3 is 2.11 bits per heavy atom. The molecule has 4 amide bonds. The number of nitrogens with zero attached hydrogens (tertiary/aromatic N) is 2. The fourth-order valence-electron chi connectivity index (χ4n) is 8.18. The van der Waals surface area contributed by atoms with Gasteiger partial charge in [0.05, 0.1) is 70.8 Å². The van der Waals surface area contributed by atoms with E-state index in [1.165, 1.54) is 12.1 Å². The van der Waals surface area contributed by atoms with Crippen molar-refractivity contribution in [2.75, 3.05) is 105 Å². The minimum Gasteiger partial charge on any atom is -0.452 e. The Kier molecular flexibility index (Phi) is 26.0. The number of sulfonamides is 1. The number of likely N-dealkylation sites (tertiary alicyclic amines) is 1. The van der Waals surface area contributed by atoms with Crippen molar-refractivity contribution in [2.45, 2.75) is 93.2 Å². The van der Waals surface area contributed by atoms with Crippen LogP contribution in [0.2, 0.25) is 5.02 Å². The van der Waals surface area contributed by atoms with E-state index in [1.54, 1.807) is 31.4 Å². The average molecular weight is 1030 g/mol. The van der Waals surface area contributed by atoms with E-state index in [4.69, 9.17) is 40.0 Å². The lowest BCUT2D eigenvalue weighted by molar-refractivity contribution is -0.387. The molecule has 5 N–H and O–H groups in total. The van der Waals surface area contributed by atoms with Crippen molar-refractivity contribution in [2.24, 2.45) is 0 Å². The van der Waals surface area contributed by atoms with Gasteiger partial charge in [-0.3, -0.25) is 39.0 Å². The van der Waals surface area contributed by atoms with Gasteiger partial charge >= 0.3 is 17.8 Å². The van der Waals surface area contributed by atoms with Crippen molar-refractivity contribution in [1.29, 1.82) is 0 Å². The van der Waals surface area contributed by atoms with Gasteiger partial charge in [-0.05, 0) is 68.9 Å². The summed E-state index contributed by atoms with van der Waals surface area (Å²) in [5.74, 6) is -3.40. The van der Waals surface area contributed by atoms with Crippen molar-refractivity contribution >= 4 is 62.6 Å². The molecule has 2 aromatic rings. The van der Waals surface area contributed by atoms with E-state index >= 15 is 0 Å². The lowest BCUT2D eigenvalue weighted by Gasteiger charge is -2.52. The first-order chi connectivity index (χ1) is 33.7. The van der Waals surface area contributed by atoms with Crippen LogP contribution in [0.25, 0.3) is 0 Å². The largest absolute Gasteiger partial charge is 0.452 e. The number of nitro groups is 1. The van der Waals surface area contributed by atoms with Crippen LogP contribution < -0.4 is 26.0 Å². The van der Waals surface area contributed by atoms with Crippen LogP contribution >= 0.6 is 11.6 Å². The first-order valence-corrected chi connectivity index (χ1v) is 25.5. The highest BCUT2D eigenvalue weighted by Crippen LogP contribution is 2.40. The van der Waals surface area contributed by atoms with E-state index in [1.807, 2.05) is 0 Å². The van der Waals surface area contributed by atoms with Gasteiger partial charge in [-0.2, -0.15) is 0 Å². The zero-order chi connectivity index (χ0) is 50.6. The predicted molar refractivity (Wildman–Crippen MR) is 256 cm³/mol. The topological polar surface area (TPSA) is 281 Å². The maximum atomic E-state index is 13.7. The van der Waals surface area contributed by atoms with Gasteiger partial charge in [-0.1, -0.05) is 43.0 Å². The van der Waals surface area contributed by atoms with E-state index in [0.717, 1.165) is 44.2 Å². The third-order valence-electron chi connectivity index (χ3n) is 11.7. The fourth-order valence-corrected chi connectivity index (χ4v) is 9.55. The molecule has 1 saturated carbocycles. The normalized spacial score (nSPS) is 16.2. The highest BCUT2D eigenvalue weighted by atomic mass is 35.5. The number of esters is 1. The third kappa shape index (κ3) is 20.9. The van der Waals surface area contributed by atoms with Crippen molar-refractivity contribution < 1.29 is 65.7 Å². The van der Waals surface area contributed by atoms with E-state index in [9.17, 15) is 42.5 Å². The molecule has 1 aliphatic heterocycles. The summed E-state index contributed by atoms with van der Waals surface area (Å²) in [5.41, 5.74) is -0.434. The Hall–Kier alpha value is -4.85. The lowest BCUT2D eigenvalue weighted by Crippen LogP contribution is -2.60. The Balaban J connectivity index is 1.24. The number of nitrogens with one attached hydrogen (secondary N) is 5. The molecule has 4 rings (SSSR count). The summed E-state index contributed by atoms with van der Waals surface area (Å²) in [5, 5.41) is 23.0. The Labute approximate surface area is 414 Å². The molecule has 0 aromatic heterocycles. The number of nitro benzene ring substituents is 1. The molecule has 0 bridgehead atoms. The summed E-state index contributed by atoms with van der Waals surface area (Å²) in [6.45, 7) is 4.73. The highest BCUT2D eigenvalue weighted by molar-refractivity contribution is 7.89. The maximum Gasteiger partial charge on any atom is 0.313 e. The third-order valence-corrected chi connectivity index (χ3v) is 13.4. The van der Waals surface area contributed by atoms with Crippen LogP contribution in [0.15, 0.2) is 53.4 Å². The maximum absolute atomic E-state index is 13.7. The average Bonchev–Trinajstić information content (AvgIpc) is 3.34. The molecule has 0 radical (unpaired) electrons. The lowest BCUT2D eigenvalue weighted by atomic mass is 9.73. The molecule has 2 atom stereocenters. The zero-order valence-corrected chi connectivity index (χ0v) is 41.3. The molecular weight excluding hydrogens is 958 g/mol. The highest BCUT2D eigenvalue weighted by Gasteiger charge is 2.43. The smallest absolute Gasteiger partial charge is 0.313 e. The van der Waals surface area contributed by atoms with Crippen molar-refractivity contribution in [3.05, 3.63) is 63.7 Å². The van der Waals surface area contributed by atoms with Crippen LogP contribution in [0.4, 0.5) is 11.4 Å². The van der Waals surface area contributed by atoms with Gasteiger partial charge in [-0.25, -0.2) is 13.1 Å². The second-order valence-electron chi connectivity index (χ2n) is 16.7. The molecule has 2 fully saturated rings. The summed E-state index contributed by atoms with van der Waals surface area (Å²) in [4.78, 5) is 77.4. The van der Waals surface area contributed by atoms with Gasteiger partial charge in [0, 0.05) is 74.6 Å². The summed E-state index contributed by atoms with van der Waals surface area (Å²) >= 11 is 5.94. The molecule has 2 aromatic carbocycles. The van der Waals surface area contributed by atoms with Gasteiger partial charge < -0.3 is 49.7 Å². The summed E-state index contributed by atoms with van der Waals surface area (Å²) in [6.07, 6.45) is 3.92. The molecule has 1 aliphatic carbocycles. The minimum atomic E-state index is -4.31. The quantitative estimate of drug-likeness (QED) is 0.0232. The standard InChI is InChI=1S/C46H68ClN7O15S/c1-64-26-27-66-30-31-68-33-32-67-29-28-65-25-22-48-41(55)15-16-42(56)69-39(9-7-20-50-70(62,63)40-10-4-3-8-38(40)54(60)61)43(57)49-21-24-53-23-17-37(34-46(53)18-5-2-6-19-46)52-45(59)44(58)51-36-13-11-35(47)12-14-36/h3-4,8,10-14,37,39,50H,2,5-7,9,15-34H2,1H3,(H,48,55)(H,49,57)(H,51,58)(H,52,59).